The minimum atomic E-state index is -4.51. The van der Waals surface area contributed by atoms with Crippen LogP contribution < -0.4 is 21.1 Å². The second kappa shape index (κ2) is 25.4. The number of carboxylic acids is 2. The molecule has 3 aromatic heterocycles. The molecule has 25 nitrogen and oxygen atoms in total. The number of amides is 3. The number of carbonyl (C=O) groups excluding carboxylic acids is 3. The maximum Gasteiger partial charge on any atom is 0.410 e. The topological polar surface area (TPSA) is 375 Å². The Kier molecular flexibility index (Phi) is 18.0. The summed E-state index contributed by atoms with van der Waals surface area (Å²) < 4.78 is 60.1. The number of hydrogen-bond acceptors (Lipinski definition) is 19. The van der Waals surface area contributed by atoms with Gasteiger partial charge in [0.05, 0.1) is 45.8 Å². The number of aliphatic carboxylic acids is 1. The van der Waals surface area contributed by atoms with Gasteiger partial charge in [0, 0.05) is 60.5 Å². The van der Waals surface area contributed by atoms with Crippen LogP contribution in [-0.4, -0.2) is 168 Å². The van der Waals surface area contributed by atoms with E-state index in [9.17, 15) is 62.5 Å². The van der Waals surface area contributed by atoms with Crippen LogP contribution in [0, 0.1) is 23.2 Å². The van der Waals surface area contributed by atoms with Crippen molar-refractivity contribution in [2.24, 2.45) is 22.0 Å². The number of anilines is 2. The van der Waals surface area contributed by atoms with Crippen molar-refractivity contribution in [2.45, 2.75) is 109 Å². The molecular weight excluding hydrogens is 1220 g/mol. The van der Waals surface area contributed by atoms with Crippen molar-refractivity contribution in [1.29, 1.82) is 0 Å². The van der Waals surface area contributed by atoms with Crippen molar-refractivity contribution in [1.82, 2.24) is 24.6 Å². The molecule has 7 aromatic rings. The normalized spacial score (nSPS) is 25.2. The number of ether oxygens (including phenoxy) is 4. The van der Waals surface area contributed by atoms with Crippen LogP contribution in [0.5, 0.6) is 5.75 Å². The van der Waals surface area contributed by atoms with E-state index in [0.29, 0.717) is 57.0 Å². The molecule has 5 fully saturated rings. The Labute approximate surface area is 526 Å². The predicted octanol–water partition coefficient (Wildman–Crippen LogP) is 7.37. The quantitative estimate of drug-likeness (QED) is 0.0282. The maximum absolute atomic E-state index is 13.7. The zero-order valence-corrected chi connectivity index (χ0v) is 51.6. The number of benzene rings is 4. The van der Waals surface area contributed by atoms with Crippen molar-refractivity contribution < 1.29 is 81.4 Å². The lowest BCUT2D eigenvalue weighted by Gasteiger charge is -2.69. The number of hydrogen-bond donors (Lipinski definition) is 9. The number of para-hydroxylation sites is 1. The molecule has 10 N–H and O–H groups in total. The molecule has 7 atom stereocenters. The van der Waals surface area contributed by atoms with Gasteiger partial charge in [-0.3, -0.25) is 24.1 Å². The number of nitrogens with one attached hydrogen (secondary N) is 2. The van der Waals surface area contributed by atoms with Gasteiger partial charge in [0.15, 0.2) is 16.9 Å². The molecule has 4 aliphatic carbocycles. The number of nitrogens with two attached hydrogens (primary N) is 1. The summed E-state index contributed by atoms with van der Waals surface area (Å²) in [5.74, 6) is -4.57. The fraction of sp³-hybridized carbons (Fsp3) is 0.406. The Hall–Kier alpha value is -8.25. The number of nitrogens with zero attached hydrogens (tertiary/aromatic N) is 5. The third kappa shape index (κ3) is 14.0. The minimum Gasteiger partial charge on any atom is -0.479 e. The van der Waals surface area contributed by atoms with E-state index < -0.39 is 82.7 Å². The SMILES string of the molecule is Cc1c(-c2ccc(-c3ccc4cccc(C(=O)Nc5nc6ccccc6s5)c4c3)nc2C(=O)O)cnn1CC12CC3(C)CC(C)(C1)CC(OCCN(CCS(=O)(=O)O)C(=O)OCC=Cc1ccc(O[C@@H]4O[C@H](C(=O)O)[C@@H](O)[C@H](O)[C@H]4O)c(NC(=O)CCN)c1)(C3)C2. The van der Waals surface area contributed by atoms with Crippen LogP contribution in [-0.2, 0) is 40.5 Å². The summed E-state index contributed by atoms with van der Waals surface area (Å²) in [6, 6.07) is 26.5. The van der Waals surface area contributed by atoms with Gasteiger partial charge in [-0.05, 0) is 133 Å². The highest BCUT2D eigenvalue weighted by molar-refractivity contribution is 7.85. The molecule has 0 radical (unpaired) electrons. The van der Waals surface area contributed by atoms with Gasteiger partial charge in [-0.2, -0.15) is 13.5 Å². The summed E-state index contributed by atoms with van der Waals surface area (Å²) in [7, 11) is -4.51. The number of aromatic nitrogens is 4. The summed E-state index contributed by atoms with van der Waals surface area (Å²) >= 11 is 1.38. The molecule has 1 saturated heterocycles. The monoisotopic (exact) mass is 1290 g/mol. The summed E-state index contributed by atoms with van der Waals surface area (Å²) in [5, 5.41) is 63.6. The fourth-order valence-electron chi connectivity index (χ4n) is 14.8. The molecule has 0 spiro atoms. The molecular formula is C64H70N8O17S2. The molecule has 1 aliphatic heterocycles. The highest BCUT2D eigenvalue weighted by atomic mass is 32.2. The number of aromatic carboxylic acids is 1. The highest BCUT2D eigenvalue weighted by Gasteiger charge is 2.66. The van der Waals surface area contributed by atoms with Crippen LogP contribution in [0.4, 0.5) is 15.6 Å². The van der Waals surface area contributed by atoms with E-state index in [1.165, 1.54) is 41.7 Å². The average Bonchev–Trinajstić information content (AvgIpc) is 1.01. The summed E-state index contributed by atoms with van der Waals surface area (Å²) in [6.07, 6.45) is -0.914. The molecule has 91 heavy (non-hydrogen) atoms. The van der Waals surface area contributed by atoms with Gasteiger partial charge in [-0.1, -0.05) is 73.7 Å². The van der Waals surface area contributed by atoms with Gasteiger partial charge < -0.3 is 60.4 Å². The number of thiazole rings is 1. The number of aliphatic hydroxyl groups is 3. The van der Waals surface area contributed by atoms with Gasteiger partial charge in [-0.15, -0.1) is 0 Å². The van der Waals surface area contributed by atoms with Crippen LogP contribution >= 0.6 is 11.3 Å². The van der Waals surface area contributed by atoms with Crippen LogP contribution in [0.15, 0.2) is 103 Å². The Morgan fingerprint density at radius 3 is 2.35 bits per heavy atom. The van der Waals surface area contributed by atoms with E-state index in [4.69, 9.17) is 34.8 Å². The van der Waals surface area contributed by atoms with E-state index in [0.717, 1.165) is 58.3 Å². The maximum atomic E-state index is 13.7. The van der Waals surface area contributed by atoms with Crippen LogP contribution in [0.25, 0.3) is 49.4 Å². The molecule has 4 heterocycles. The first kappa shape index (κ1) is 64.3. The van der Waals surface area contributed by atoms with E-state index in [2.05, 4.69) is 29.5 Å². The van der Waals surface area contributed by atoms with Crippen LogP contribution in [0.1, 0.15) is 90.9 Å². The molecule has 4 bridgehead atoms. The summed E-state index contributed by atoms with van der Waals surface area (Å²) in [6.45, 7) is 6.19. The third-order valence-corrected chi connectivity index (χ3v) is 19.2. The number of carboxylic acid groups (broad SMARTS) is 2. The van der Waals surface area contributed by atoms with Gasteiger partial charge in [0.25, 0.3) is 16.0 Å². The Bertz CT molecular complexity index is 4080. The molecule has 4 aromatic carbocycles. The van der Waals surface area contributed by atoms with Crippen molar-refractivity contribution in [3.05, 3.63) is 126 Å². The molecule has 5 aliphatic rings. The van der Waals surface area contributed by atoms with E-state index in [-0.39, 0.29) is 72.0 Å². The second-order valence-corrected chi connectivity index (χ2v) is 27.6. The highest BCUT2D eigenvalue weighted by Crippen LogP contribution is 2.72. The lowest BCUT2D eigenvalue weighted by atomic mass is 9.39. The minimum absolute atomic E-state index is 0.00134. The van der Waals surface area contributed by atoms with Crippen LogP contribution in [0.2, 0.25) is 0 Å². The predicted molar refractivity (Wildman–Crippen MR) is 335 cm³/mol. The summed E-state index contributed by atoms with van der Waals surface area (Å²) in [5.41, 5.74) is 8.69. The fourth-order valence-corrected chi connectivity index (χ4v) is 16.1. The van der Waals surface area contributed by atoms with Crippen molar-refractivity contribution in [3.63, 3.8) is 0 Å². The molecule has 3 amide bonds. The zero-order valence-electron chi connectivity index (χ0n) is 50.0. The van der Waals surface area contributed by atoms with Gasteiger partial charge in [0.1, 0.15) is 30.7 Å². The smallest absolute Gasteiger partial charge is 0.410 e. The standard InChI is InChI=1S/C64H70N8O17S2/c1-36-43(40-16-17-44(68-50(40)56(78)79)39-15-14-38-9-6-10-41(42(38)27-39)55(77)70-59-69-45-11-4-5-12-48(45)90-59)28-66-72(36)35-63-30-61(2)29-62(3,31-63)33-64(32-61,34-63)87-24-21-71(22-25-91(83,84)85)60(82)86-23-7-8-37-13-18-47(46(26-37)67-49(73)19-20-65)88-58-53(76)51(74)52(75)54(89-58)57(80)81/h4-18,26-28,51-54,58,74-76H,19-25,29-35,65H2,1-3H3,(H,67,73)(H,78,79)(H,80,81)(H,69,70,77)(H,83,84,85)/t51-,52-,53+,54-,58+,61?,62?,63?,64?/m0/s1. The average molecular weight is 1290 g/mol. The largest absolute Gasteiger partial charge is 0.479 e. The van der Waals surface area contributed by atoms with Crippen LogP contribution in [0.3, 0.4) is 0 Å². The number of aliphatic hydroxyl groups excluding tert-OH is 3. The lowest BCUT2D eigenvalue weighted by molar-refractivity contribution is -0.271. The molecule has 480 valence electrons. The van der Waals surface area contributed by atoms with Crippen molar-refractivity contribution in [3.8, 4) is 28.1 Å². The number of rotatable bonds is 23. The summed E-state index contributed by atoms with van der Waals surface area (Å²) in [4.78, 5) is 75.4. The number of pyridine rings is 1. The first-order chi connectivity index (χ1) is 43.2. The van der Waals surface area contributed by atoms with Crippen molar-refractivity contribution >= 4 is 89.2 Å². The number of carbonyl (C=O) groups is 5. The molecule has 27 heteroatoms. The molecule has 2 unspecified atom stereocenters. The van der Waals surface area contributed by atoms with Crippen molar-refractivity contribution in [2.75, 3.05) is 49.2 Å². The lowest BCUT2D eigenvalue weighted by Crippen LogP contribution is -2.64. The first-order valence-corrected chi connectivity index (χ1v) is 32.0. The van der Waals surface area contributed by atoms with E-state index in [1.54, 1.807) is 30.5 Å². The Balaban J connectivity index is 0.759. The zero-order chi connectivity index (χ0) is 64.8. The van der Waals surface area contributed by atoms with Gasteiger partial charge in [0.2, 0.25) is 12.2 Å². The Morgan fingerprint density at radius 2 is 1.63 bits per heavy atom. The van der Waals surface area contributed by atoms with Gasteiger partial charge in [-0.25, -0.2) is 24.4 Å². The Morgan fingerprint density at radius 1 is 0.857 bits per heavy atom. The second-order valence-electron chi connectivity index (χ2n) is 25.0. The molecule has 4 saturated carbocycles. The third-order valence-electron chi connectivity index (χ3n) is 17.5. The van der Waals surface area contributed by atoms with E-state index in [1.807, 2.05) is 60.1 Å². The van der Waals surface area contributed by atoms with Gasteiger partial charge >= 0.3 is 18.0 Å². The molecule has 12 rings (SSSR count). The number of fused-ring (bicyclic) bond motifs is 2. The first-order valence-electron chi connectivity index (χ1n) is 29.6. The van der Waals surface area contributed by atoms with E-state index >= 15 is 0 Å².